The van der Waals surface area contributed by atoms with Crippen molar-refractivity contribution in [3.05, 3.63) is 11.8 Å². The molecule has 2 heterocycles. The van der Waals surface area contributed by atoms with Gasteiger partial charge >= 0.3 is 6.18 Å². The molecule has 0 aromatic carbocycles. The van der Waals surface area contributed by atoms with Gasteiger partial charge < -0.3 is 15.4 Å². The molecule has 1 saturated heterocycles. The first-order chi connectivity index (χ1) is 9.49. The number of halogens is 3. The summed E-state index contributed by atoms with van der Waals surface area (Å²) >= 11 is 0. The zero-order valence-corrected chi connectivity index (χ0v) is 11.1. The number of ether oxygens (including phenoxy) is 1. The normalized spacial score (nSPS) is 19.1. The molecule has 0 radical (unpaired) electrons. The molecule has 0 aliphatic carbocycles. The van der Waals surface area contributed by atoms with Crippen LogP contribution in [0.15, 0.2) is 6.07 Å². The molecule has 0 bridgehead atoms. The van der Waals surface area contributed by atoms with Crippen LogP contribution in [0.1, 0.15) is 18.5 Å². The van der Waals surface area contributed by atoms with Crippen LogP contribution in [0, 0.1) is 5.92 Å². The van der Waals surface area contributed by atoms with E-state index in [1.54, 1.807) is 0 Å². The van der Waals surface area contributed by atoms with Crippen molar-refractivity contribution in [1.82, 2.24) is 9.97 Å². The maximum atomic E-state index is 12.7. The van der Waals surface area contributed by atoms with Crippen LogP contribution < -0.4 is 10.6 Å². The highest BCUT2D eigenvalue weighted by atomic mass is 19.4. The lowest BCUT2D eigenvalue weighted by Gasteiger charge is -2.12. The van der Waals surface area contributed by atoms with E-state index in [-0.39, 0.29) is 11.8 Å². The standard InChI is InChI=1S/C12H17F3N4O/c1-16-11-18-9(12(13,14)15)6-10(19-11)17-4-2-8-3-5-20-7-8/h6,8H,2-5,7H2,1H3,(H2,16,17,18,19). The van der Waals surface area contributed by atoms with Crippen LogP contribution in [0.25, 0.3) is 0 Å². The Balaban J connectivity index is 1.98. The molecule has 20 heavy (non-hydrogen) atoms. The van der Waals surface area contributed by atoms with E-state index in [4.69, 9.17) is 4.74 Å². The lowest BCUT2D eigenvalue weighted by Crippen LogP contribution is -2.14. The predicted molar refractivity (Wildman–Crippen MR) is 68.6 cm³/mol. The van der Waals surface area contributed by atoms with Crippen LogP contribution in [0.3, 0.4) is 0 Å². The Morgan fingerprint density at radius 3 is 2.80 bits per heavy atom. The highest BCUT2D eigenvalue weighted by molar-refractivity contribution is 5.42. The summed E-state index contributed by atoms with van der Waals surface area (Å²) in [6.45, 7) is 2.05. The van der Waals surface area contributed by atoms with E-state index in [1.807, 2.05) is 0 Å². The van der Waals surface area contributed by atoms with Gasteiger partial charge in [0.25, 0.3) is 0 Å². The minimum absolute atomic E-state index is 0.0495. The van der Waals surface area contributed by atoms with Crippen LogP contribution >= 0.6 is 0 Å². The molecule has 0 spiro atoms. The largest absolute Gasteiger partial charge is 0.433 e. The van der Waals surface area contributed by atoms with Gasteiger partial charge in [0, 0.05) is 32.9 Å². The number of anilines is 2. The molecule has 1 fully saturated rings. The number of nitrogens with one attached hydrogen (secondary N) is 2. The van der Waals surface area contributed by atoms with Crippen molar-refractivity contribution in [1.29, 1.82) is 0 Å². The van der Waals surface area contributed by atoms with Crippen molar-refractivity contribution >= 4 is 11.8 Å². The summed E-state index contributed by atoms with van der Waals surface area (Å²) < 4.78 is 43.3. The molecule has 112 valence electrons. The highest BCUT2D eigenvalue weighted by Crippen LogP contribution is 2.29. The van der Waals surface area contributed by atoms with Crippen LogP contribution in [0.5, 0.6) is 0 Å². The first-order valence-corrected chi connectivity index (χ1v) is 6.44. The second-order valence-electron chi connectivity index (χ2n) is 4.65. The van der Waals surface area contributed by atoms with E-state index in [2.05, 4.69) is 20.6 Å². The molecule has 1 aromatic rings. The summed E-state index contributed by atoms with van der Waals surface area (Å²) in [5, 5.41) is 5.44. The molecular formula is C12H17F3N4O. The van der Waals surface area contributed by atoms with Gasteiger partial charge in [-0.25, -0.2) is 4.98 Å². The number of hydrogen-bond donors (Lipinski definition) is 2. The van der Waals surface area contributed by atoms with Crippen LogP contribution in [0.4, 0.5) is 24.9 Å². The SMILES string of the molecule is CNc1nc(NCCC2CCOC2)cc(C(F)(F)F)n1. The monoisotopic (exact) mass is 290 g/mol. The molecule has 1 unspecified atom stereocenters. The second-order valence-corrected chi connectivity index (χ2v) is 4.65. The quantitative estimate of drug-likeness (QED) is 0.872. The molecule has 1 aromatic heterocycles. The summed E-state index contributed by atoms with van der Waals surface area (Å²) in [5.74, 6) is 0.595. The Bertz CT molecular complexity index is 447. The molecule has 2 rings (SSSR count). The molecule has 5 nitrogen and oxygen atoms in total. The van der Waals surface area contributed by atoms with E-state index in [9.17, 15) is 13.2 Å². The van der Waals surface area contributed by atoms with Crippen LogP contribution in [0.2, 0.25) is 0 Å². The first-order valence-electron chi connectivity index (χ1n) is 6.44. The summed E-state index contributed by atoms with van der Waals surface area (Å²) in [7, 11) is 1.48. The third-order valence-electron chi connectivity index (χ3n) is 3.12. The van der Waals surface area contributed by atoms with E-state index >= 15 is 0 Å². The Morgan fingerprint density at radius 2 is 2.20 bits per heavy atom. The average molecular weight is 290 g/mol. The second kappa shape index (κ2) is 6.25. The minimum atomic E-state index is -4.48. The van der Waals surface area contributed by atoms with Gasteiger partial charge in [-0.1, -0.05) is 0 Å². The van der Waals surface area contributed by atoms with E-state index in [0.717, 1.165) is 32.1 Å². The van der Waals surface area contributed by atoms with Gasteiger partial charge in [-0.2, -0.15) is 18.2 Å². The van der Waals surface area contributed by atoms with Gasteiger partial charge in [0.05, 0.1) is 0 Å². The van der Waals surface area contributed by atoms with Gasteiger partial charge in [-0.05, 0) is 18.8 Å². The molecule has 1 aliphatic heterocycles. The van der Waals surface area contributed by atoms with Crippen molar-refractivity contribution in [2.24, 2.45) is 5.92 Å². The van der Waals surface area contributed by atoms with Gasteiger partial charge in [-0.3, -0.25) is 0 Å². The number of hydrogen-bond acceptors (Lipinski definition) is 5. The average Bonchev–Trinajstić information content (AvgIpc) is 2.90. The fourth-order valence-corrected chi connectivity index (χ4v) is 2.01. The zero-order valence-electron chi connectivity index (χ0n) is 11.1. The Hall–Kier alpha value is -1.57. The Kier molecular flexibility index (Phi) is 4.64. The van der Waals surface area contributed by atoms with Crippen molar-refractivity contribution in [3.8, 4) is 0 Å². The van der Waals surface area contributed by atoms with Crippen molar-refractivity contribution < 1.29 is 17.9 Å². The molecule has 0 saturated carbocycles. The van der Waals surface area contributed by atoms with E-state index in [0.29, 0.717) is 12.5 Å². The number of nitrogens with zero attached hydrogens (tertiary/aromatic N) is 2. The van der Waals surface area contributed by atoms with Gasteiger partial charge in [0.1, 0.15) is 5.82 Å². The predicted octanol–water partition coefficient (Wildman–Crippen LogP) is 2.38. The fraction of sp³-hybridized carbons (Fsp3) is 0.667. The molecule has 0 amide bonds. The number of rotatable bonds is 5. The topological polar surface area (TPSA) is 59.1 Å². The minimum Gasteiger partial charge on any atom is -0.381 e. The molecule has 8 heteroatoms. The van der Waals surface area contributed by atoms with Crippen LogP contribution in [-0.2, 0) is 10.9 Å². The van der Waals surface area contributed by atoms with Gasteiger partial charge in [-0.15, -0.1) is 0 Å². The fourth-order valence-electron chi connectivity index (χ4n) is 2.01. The van der Waals surface area contributed by atoms with Crippen LogP contribution in [-0.4, -0.2) is 36.8 Å². The molecular weight excluding hydrogens is 273 g/mol. The van der Waals surface area contributed by atoms with E-state index < -0.39 is 11.9 Å². The zero-order chi connectivity index (χ0) is 14.6. The molecule has 1 aliphatic rings. The smallest absolute Gasteiger partial charge is 0.381 e. The first kappa shape index (κ1) is 14.8. The Labute approximate surface area is 114 Å². The maximum Gasteiger partial charge on any atom is 0.433 e. The molecule has 1 atom stereocenters. The summed E-state index contributed by atoms with van der Waals surface area (Å²) in [6, 6.07) is 0.923. The lowest BCUT2D eigenvalue weighted by molar-refractivity contribution is -0.141. The Morgan fingerprint density at radius 1 is 1.40 bits per heavy atom. The third kappa shape index (κ3) is 3.96. The summed E-state index contributed by atoms with van der Waals surface area (Å²) in [5.41, 5.74) is -0.955. The van der Waals surface area contributed by atoms with Crippen molar-refractivity contribution in [3.63, 3.8) is 0 Å². The summed E-state index contributed by atoms with van der Waals surface area (Å²) in [6.07, 6.45) is -2.63. The van der Waals surface area contributed by atoms with E-state index in [1.165, 1.54) is 7.05 Å². The maximum absolute atomic E-state index is 12.7. The number of aromatic nitrogens is 2. The van der Waals surface area contributed by atoms with Gasteiger partial charge in [0.15, 0.2) is 5.69 Å². The highest BCUT2D eigenvalue weighted by Gasteiger charge is 2.33. The lowest BCUT2D eigenvalue weighted by atomic mass is 10.1. The van der Waals surface area contributed by atoms with Crippen molar-refractivity contribution in [2.45, 2.75) is 19.0 Å². The molecule has 2 N–H and O–H groups in total. The summed E-state index contributed by atoms with van der Waals surface area (Å²) in [4.78, 5) is 7.37. The van der Waals surface area contributed by atoms with Crippen molar-refractivity contribution in [2.75, 3.05) is 37.4 Å². The van der Waals surface area contributed by atoms with Gasteiger partial charge in [0.2, 0.25) is 5.95 Å². The number of alkyl halides is 3. The third-order valence-corrected chi connectivity index (χ3v) is 3.12.